The first-order valence-corrected chi connectivity index (χ1v) is 23.9. The van der Waals surface area contributed by atoms with E-state index in [-0.39, 0.29) is 137 Å². The van der Waals surface area contributed by atoms with Gasteiger partial charge in [-0.1, -0.05) is 66.7 Å². The second kappa shape index (κ2) is 27.0. The van der Waals surface area contributed by atoms with E-state index in [0.29, 0.717) is 56.9 Å². The maximum atomic E-state index is 13.2. The molecule has 0 saturated carbocycles. The topological polar surface area (TPSA) is 296 Å². The van der Waals surface area contributed by atoms with E-state index in [1.807, 2.05) is 0 Å². The predicted molar refractivity (Wildman–Crippen MR) is 244 cm³/mol. The summed E-state index contributed by atoms with van der Waals surface area (Å²) in [5, 5.41) is 24.7. The fourth-order valence-electron chi connectivity index (χ4n) is 6.63. The zero-order chi connectivity index (χ0) is 47.3. The number of benzene rings is 6. The molecule has 0 atom stereocenters. The molecule has 0 bridgehead atoms. The molecule has 338 valence electrons. The summed E-state index contributed by atoms with van der Waals surface area (Å²) in [6.07, 6.45) is 0.0498. The van der Waals surface area contributed by atoms with Crippen LogP contribution in [-0.2, 0) is 84.0 Å². The van der Waals surface area contributed by atoms with Crippen molar-refractivity contribution in [2.45, 2.75) is 22.8 Å². The van der Waals surface area contributed by atoms with Crippen molar-refractivity contribution in [1.82, 2.24) is 10.2 Å². The number of anilines is 2. The Hall–Kier alpha value is -3.49. The molecule has 0 heterocycles. The molecule has 6 rings (SSSR count). The Morgan fingerprint density at radius 3 is 1.66 bits per heavy atom. The molecule has 0 aliphatic carbocycles. The molecule has 0 fully saturated rings. The number of nitrogen functional groups attached to an aromatic ring is 2. The molecule has 0 aliphatic heterocycles. The summed E-state index contributed by atoms with van der Waals surface area (Å²) in [5.41, 5.74) is 15.5. The van der Waals surface area contributed by atoms with E-state index in [9.17, 15) is 35.5 Å². The first-order valence-electron chi connectivity index (χ1n) is 19.2. The van der Waals surface area contributed by atoms with Gasteiger partial charge >= 0.3 is 81.5 Å². The summed E-state index contributed by atoms with van der Waals surface area (Å²) in [6, 6.07) is 26.6. The third-order valence-corrected chi connectivity index (χ3v) is 11.8. The summed E-state index contributed by atoms with van der Waals surface area (Å²) < 4.78 is 81.0. The fraction of sp³-hybridized carbons (Fsp3) is 0.190. The maximum absolute atomic E-state index is 13.2. The van der Waals surface area contributed by atoms with Gasteiger partial charge in [-0.05, 0) is 59.6 Å². The number of carbonyl (C=O) groups excluding carboxylic acids is 2. The number of azo groups is 2. The number of hydrogen-bond donors (Lipinski definition) is 3. The summed E-state index contributed by atoms with van der Waals surface area (Å²) in [6.45, 7) is 0.932. The average Bonchev–Trinajstić information content (AvgIpc) is 3.29. The monoisotopic (exact) mass is 1080 g/mol. The van der Waals surface area contributed by atoms with Gasteiger partial charge in [-0.2, -0.15) is 28.3 Å². The normalized spacial score (nSPS) is 11.5. The molecule has 0 aliphatic rings. The number of nitrogens with one attached hydrogen (secondary N) is 1. The van der Waals surface area contributed by atoms with Crippen LogP contribution in [-0.4, -0.2) is 80.3 Å². The molecule has 0 spiro atoms. The quantitative estimate of drug-likeness (QED) is 0.0350. The summed E-state index contributed by atoms with van der Waals surface area (Å²) in [5.74, 6) is 0.0140. The second-order valence-corrected chi connectivity index (χ2v) is 17.4. The van der Waals surface area contributed by atoms with E-state index in [1.54, 1.807) is 83.8 Å². The number of amides is 2. The molecular weight excluding hydrogens is 1050 g/mol. The third-order valence-electron chi connectivity index (χ3n) is 9.68. The van der Waals surface area contributed by atoms with Gasteiger partial charge in [-0.15, -0.1) is 10.2 Å². The molecule has 2 amide bonds. The first-order chi connectivity index (χ1) is 31.1. The number of carbonyl (C=O) groups is 2. The van der Waals surface area contributed by atoms with Gasteiger partial charge in [0.1, 0.15) is 31.6 Å². The van der Waals surface area contributed by atoms with Crippen LogP contribution in [0.2, 0.25) is 0 Å². The Balaban J connectivity index is 0.00000294. The zero-order valence-corrected chi connectivity index (χ0v) is 45.1. The molecule has 0 unspecified atom stereocenters. The van der Waals surface area contributed by atoms with Gasteiger partial charge in [0.15, 0.2) is 0 Å². The van der Waals surface area contributed by atoms with Gasteiger partial charge in [-0.3, -0.25) is 9.69 Å². The van der Waals surface area contributed by atoms with Crippen molar-refractivity contribution >= 4 is 113 Å². The average molecular weight is 1090 g/mol. The number of nitrogens with two attached hydrogens (primary N) is 2. The van der Waals surface area contributed by atoms with Crippen molar-refractivity contribution in [2.24, 2.45) is 20.5 Å². The molecule has 6 aromatic carbocycles. The van der Waals surface area contributed by atoms with Gasteiger partial charge in [0.25, 0.3) is 0 Å². The molecule has 18 nitrogen and oxygen atoms in total. The third kappa shape index (κ3) is 15.8. The first kappa shape index (κ1) is 57.8. The fourth-order valence-corrected chi connectivity index (χ4v) is 8.39. The van der Waals surface area contributed by atoms with Gasteiger partial charge in [0, 0.05) is 47.6 Å². The Kier molecular flexibility index (Phi) is 23.3. The van der Waals surface area contributed by atoms with Crippen LogP contribution < -0.4 is 75.9 Å². The number of nitrogens with zero attached hydrogens (tertiary/aromatic N) is 6. The van der Waals surface area contributed by atoms with Crippen molar-refractivity contribution in [3.63, 3.8) is 0 Å². The van der Waals surface area contributed by atoms with Crippen molar-refractivity contribution in [3.8, 4) is 11.1 Å². The minimum atomic E-state index is -4.90. The Morgan fingerprint density at radius 2 is 1.16 bits per heavy atom. The van der Waals surface area contributed by atoms with E-state index in [4.69, 9.17) is 40.2 Å². The molecule has 0 radical (unpaired) electrons. The number of hydrogen-bond acceptors (Lipinski definition) is 18. The summed E-state index contributed by atoms with van der Waals surface area (Å²) in [7, 11) is -9.77. The predicted octanol–water partition coefficient (Wildman–Crippen LogP) is 0.653. The standard InChI is InChI=1S/C42H43N9O8S4.2Na.O.Tc/c43-41-33-7-3-1-5-31(33)37(62(54,55)56)22-35(41)49-47-28-11-9-26(10-12-28)30-14-13-29(48-50-36-23-38(63(57,58)59)32-6-2-4-8-34(32)42(36)44)21-27(30)24-46-39(52)15-17-51(18-20-61)25-40(53)45-16-19-60;;;;/h1-14,21-23H,15-20,24-25H2,(H10,43,44,45,46,47,48,49,50,52,53,54,55,56,57,58,59,60,61);;;;/q;2*+1;;+3/p-5. The van der Waals surface area contributed by atoms with Crippen LogP contribution in [0.15, 0.2) is 133 Å². The molecule has 25 heteroatoms. The van der Waals surface area contributed by atoms with Crippen LogP contribution in [0.5, 0.6) is 0 Å². The van der Waals surface area contributed by atoms with Crippen LogP contribution in [0.25, 0.3) is 38.0 Å². The van der Waals surface area contributed by atoms with Gasteiger partial charge in [0.05, 0.1) is 38.4 Å². The van der Waals surface area contributed by atoms with E-state index in [0.717, 1.165) is 31.0 Å². The van der Waals surface area contributed by atoms with Gasteiger partial charge in [0.2, 0.25) is 5.91 Å². The van der Waals surface area contributed by atoms with Crippen molar-refractivity contribution < 1.29 is 117 Å². The van der Waals surface area contributed by atoms with E-state index in [2.05, 4.69) is 31.1 Å². The SMILES string of the molecule is Nc1c(N=Nc2ccc(-c3ccc(N=Nc4cc(S(=O)(=O)[O-])c5ccccc5c4N)cc3CNC(=O)CCN(CC[S-])CC(=O)[N-]CC[S-])cc2)cc(S(=O)(=O)[O-])c2ccccc12.[Na+].[Na+].[O]=[Tc+3]. The molecule has 6 aromatic rings. The molecular formula is C42H38N9Na2O9S4Tc. The van der Waals surface area contributed by atoms with Gasteiger partial charge in [-0.25, -0.2) is 16.8 Å². The van der Waals surface area contributed by atoms with Crippen LogP contribution in [0, 0.1) is 0 Å². The second-order valence-electron chi connectivity index (χ2n) is 13.9. The number of fused-ring (bicyclic) bond motifs is 2. The summed E-state index contributed by atoms with van der Waals surface area (Å²) >= 11 is 10.9. The van der Waals surface area contributed by atoms with Crippen molar-refractivity contribution in [2.75, 3.05) is 49.2 Å². The zero-order valence-electron chi connectivity index (χ0n) is 36.0. The van der Waals surface area contributed by atoms with E-state index in [1.165, 1.54) is 12.1 Å². The Morgan fingerprint density at radius 1 is 0.672 bits per heavy atom. The van der Waals surface area contributed by atoms with Crippen LogP contribution in [0.4, 0.5) is 34.1 Å². The van der Waals surface area contributed by atoms with Crippen LogP contribution in [0.3, 0.4) is 0 Å². The molecule has 5 N–H and O–H groups in total. The van der Waals surface area contributed by atoms with Crippen LogP contribution in [0.1, 0.15) is 12.0 Å². The molecule has 0 saturated heterocycles. The van der Waals surface area contributed by atoms with E-state index >= 15 is 0 Å². The number of rotatable bonds is 18. The minimum absolute atomic E-state index is 0. The molecule has 67 heavy (non-hydrogen) atoms. The van der Waals surface area contributed by atoms with Crippen molar-refractivity contribution in [1.29, 1.82) is 0 Å². The molecule has 0 aromatic heterocycles. The Bertz CT molecular complexity index is 3010. The summed E-state index contributed by atoms with van der Waals surface area (Å²) in [4.78, 5) is 26.2. The Labute approximate surface area is 453 Å². The van der Waals surface area contributed by atoms with E-state index < -0.39 is 30.0 Å². The van der Waals surface area contributed by atoms with Crippen LogP contribution >= 0.6 is 0 Å². The van der Waals surface area contributed by atoms with Crippen molar-refractivity contribution in [3.05, 3.63) is 114 Å². The van der Waals surface area contributed by atoms with Gasteiger partial charge < -0.3 is 61.3 Å².